The van der Waals surface area contributed by atoms with E-state index in [1.165, 1.54) is 12.1 Å². The summed E-state index contributed by atoms with van der Waals surface area (Å²) in [6.45, 7) is 9.88. The third kappa shape index (κ3) is 5.12. The van der Waals surface area contributed by atoms with Crippen molar-refractivity contribution in [2.45, 2.75) is 39.0 Å². The van der Waals surface area contributed by atoms with Crippen LogP contribution in [0.25, 0.3) is 22.3 Å². The van der Waals surface area contributed by atoms with Gasteiger partial charge in [0.15, 0.2) is 24.0 Å². The molecule has 5 rings (SSSR count). The Labute approximate surface area is 260 Å². The first-order valence-electron chi connectivity index (χ1n) is 14.0. The fraction of sp³-hybridized carbons (Fsp3) is 0.323. The van der Waals surface area contributed by atoms with Crippen LogP contribution in [0, 0.1) is 18.3 Å². The first-order chi connectivity index (χ1) is 21.3. The SMILES string of the molecule is C=CC(=O)N1CCN(c2c(C#N)c(=O)n(-c3c(C)ccnc3C(C)C)c3nc(C4=C(N)C(F)=C(F)[C@H](F)C4F)c(Cl)cc23)CC1. The molecule has 3 aromatic rings. The first-order valence-corrected chi connectivity index (χ1v) is 14.4. The molecule has 234 valence electrons. The molecule has 1 unspecified atom stereocenters. The van der Waals surface area contributed by atoms with Crippen molar-refractivity contribution in [2.24, 2.45) is 5.73 Å². The van der Waals surface area contributed by atoms with Crippen LogP contribution >= 0.6 is 11.6 Å². The topological polar surface area (TPSA) is 121 Å². The first kappa shape index (κ1) is 31.7. The summed E-state index contributed by atoms with van der Waals surface area (Å²) >= 11 is 6.60. The molecular weight excluding hydrogens is 614 g/mol. The number of rotatable bonds is 5. The summed E-state index contributed by atoms with van der Waals surface area (Å²) in [5.41, 5.74) is 3.77. The zero-order chi connectivity index (χ0) is 32.9. The molecule has 2 atom stereocenters. The van der Waals surface area contributed by atoms with Gasteiger partial charge in [0.1, 0.15) is 17.3 Å². The number of allylic oxidation sites excluding steroid dienone is 3. The Bertz CT molecular complexity index is 1920. The molecule has 1 saturated heterocycles. The highest BCUT2D eigenvalue weighted by Gasteiger charge is 2.41. The number of amides is 1. The molecule has 1 amide bonds. The van der Waals surface area contributed by atoms with Crippen molar-refractivity contribution < 1.29 is 22.4 Å². The number of alkyl halides is 2. The number of nitriles is 1. The Balaban J connectivity index is 1.90. The molecule has 0 radical (unpaired) electrons. The average molecular weight is 642 g/mol. The number of carbonyl (C=O) groups is 1. The summed E-state index contributed by atoms with van der Waals surface area (Å²) in [4.78, 5) is 38.8. The maximum atomic E-state index is 15.3. The Hall–Kier alpha value is -4.70. The largest absolute Gasteiger partial charge is 0.396 e. The van der Waals surface area contributed by atoms with E-state index in [-0.39, 0.29) is 65.3 Å². The second kappa shape index (κ2) is 12.0. The van der Waals surface area contributed by atoms with Crippen molar-refractivity contribution in [3.8, 4) is 11.8 Å². The van der Waals surface area contributed by atoms with Gasteiger partial charge >= 0.3 is 0 Å². The minimum Gasteiger partial charge on any atom is -0.396 e. The van der Waals surface area contributed by atoms with Crippen LogP contribution in [0.15, 0.2) is 53.1 Å². The molecule has 0 bridgehead atoms. The lowest BCUT2D eigenvalue weighted by Gasteiger charge is -2.36. The van der Waals surface area contributed by atoms with Gasteiger partial charge < -0.3 is 15.5 Å². The number of hydrogen-bond acceptors (Lipinski definition) is 7. The van der Waals surface area contributed by atoms with Gasteiger partial charge in [0.2, 0.25) is 5.91 Å². The van der Waals surface area contributed by atoms with Crippen LogP contribution in [0.2, 0.25) is 5.02 Å². The number of piperazine rings is 1. The average Bonchev–Trinajstić information content (AvgIpc) is 3.02. The molecule has 45 heavy (non-hydrogen) atoms. The van der Waals surface area contributed by atoms with Gasteiger partial charge in [-0.05, 0) is 36.6 Å². The van der Waals surface area contributed by atoms with E-state index in [0.29, 0.717) is 16.9 Å². The number of aryl methyl sites for hydroxylation is 1. The van der Waals surface area contributed by atoms with Crippen LogP contribution in [0.3, 0.4) is 0 Å². The van der Waals surface area contributed by atoms with E-state index >= 15 is 4.39 Å². The predicted octanol–water partition coefficient (Wildman–Crippen LogP) is 5.08. The fourth-order valence-corrected chi connectivity index (χ4v) is 5.96. The predicted molar refractivity (Wildman–Crippen MR) is 163 cm³/mol. The fourth-order valence-electron chi connectivity index (χ4n) is 5.71. The van der Waals surface area contributed by atoms with Crippen LogP contribution in [0.5, 0.6) is 0 Å². The number of fused-ring (bicyclic) bond motifs is 1. The van der Waals surface area contributed by atoms with Crippen LogP contribution < -0.4 is 16.2 Å². The zero-order valence-corrected chi connectivity index (χ0v) is 25.3. The van der Waals surface area contributed by atoms with E-state index in [2.05, 4.69) is 16.5 Å². The van der Waals surface area contributed by atoms with Crippen molar-refractivity contribution in [1.82, 2.24) is 19.4 Å². The summed E-state index contributed by atoms with van der Waals surface area (Å²) in [6.07, 6.45) is -3.00. The van der Waals surface area contributed by atoms with Gasteiger partial charge in [-0.15, -0.1) is 0 Å². The molecule has 2 aliphatic rings. The molecule has 4 heterocycles. The molecule has 2 N–H and O–H groups in total. The number of carbonyl (C=O) groups excluding carboxylic acids is 1. The molecule has 3 aromatic heterocycles. The molecule has 0 aromatic carbocycles. The highest BCUT2D eigenvalue weighted by atomic mass is 35.5. The molecule has 0 saturated carbocycles. The van der Waals surface area contributed by atoms with Gasteiger partial charge in [0.05, 0.1) is 33.5 Å². The lowest BCUT2D eigenvalue weighted by atomic mass is 9.93. The highest BCUT2D eigenvalue weighted by Crippen LogP contribution is 2.42. The van der Waals surface area contributed by atoms with Gasteiger partial charge in [0, 0.05) is 43.3 Å². The number of nitrogens with zero attached hydrogens (tertiary/aromatic N) is 6. The summed E-state index contributed by atoms with van der Waals surface area (Å²) < 4.78 is 59.7. The molecule has 9 nitrogen and oxygen atoms in total. The second-order valence-electron chi connectivity index (χ2n) is 11.0. The third-order valence-corrected chi connectivity index (χ3v) is 8.25. The normalized spacial score (nSPS) is 19.0. The van der Waals surface area contributed by atoms with Crippen LogP contribution in [-0.4, -0.2) is 63.9 Å². The summed E-state index contributed by atoms with van der Waals surface area (Å²) in [5.74, 6) is -4.25. The van der Waals surface area contributed by atoms with Crippen LogP contribution in [0.4, 0.5) is 23.2 Å². The van der Waals surface area contributed by atoms with Gasteiger partial charge in [-0.3, -0.25) is 19.1 Å². The van der Waals surface area contributed by atoms with Gasteiger partial charge in [-0.1, -0.05) is 32.0 Å². The van der Waals surface area contributed by atoms with Crippen molar-refractivity contribution >= 4 is 39.8 Å². The highest BCUT2D eigenvalue weighted by molar-refractivity contribution is 6.33. The molecule has 14 heteroatoms. The minimum absolute atomic E-state index is 0.130. The van der Waals surface area contributed by atoms with E-state index in [9.17, 15) is 28.0 Å². The van der Waals surface area contributed by atoms with Crippen molar-refractivity contribution in [3.05, 3.63) is 86.2 Å². The molecule has 1 aliphatic heterocycles. The standard InChI is InChI=1S/C31H28ClF4N7O2/c1-5-19(44)41-8-10-42(11-9-41)29-16-12-18(32)27(20-21(33)22(34)23(35)24(36)25(20)38)40-30(16)43(31(45)17(29)13-37)28-15(4)6-7-39-26(28)14(2)3/h5-7,12,14,21-22H,1,8-11,38H2,2-4H3/t21?,22-/m1/s1. The quantitative estimate of drug-likeness (QED) is 0.305. The molecule has 1 aliphatic carbocycles. The van der Waals surface area contributed by atoms with Crippen LogP contribution in [-0.2, 0) is 4.79 Å². The van der Waals surface area contributed by atoms with Crippen molar-refractivity contribution in [2.75, 3.05) is 31.1 Å². The summed E-state index contributed by atoms with van der Waals surface area (Å²) in [6, 6.07) is 4.97. The van der Waals surface area contributed by atoms with E-state index in [0.717, 1.165) is 4.57 Å². The Morgan fingerprint density at radius 2 is 1.87 bits per heavy atom. The third-order valence-electron chi connectivity index (χ3n) is 7.96. The lowest BCUT2D eigenvalue weighted by Crippen LogP contribution is -2.49. The number of nitrogens with two attached hydrogens (primary N) is 1. The van der Waals surface area contributed by atoms with Crippen molar-refractivity contribution in [1.29, 1.82) is 5.26 Å². The summed E-state index contributed by atoms with van der Waals surface area (Å²) in [5, 5.41) is 10.2. The molecule has 0 spiro atoms. The molecule has 1 fully saturated rings. The monoisotopic (exact) mass is 641 g/mol. The Morgan fingerprint density at radius 3 is 2.47 bits per heavy atom. The number of hydrogen-bond donors (Lipinski definition) is 1. The number of aromatic nitrogens is 3. The Kier molecular flexibility index (Phi) is 8.46. The van der Waals surface area contributed by atoms with Crippen LogP contribution in [0.1, 0.15) is 42.3 Å². The Morgan fingerprint density at radius 1 is 1.20 bits per heavy atom. The van der Waals surface area contributed by atoms with E-state index in [1.807, 2.05) is 19.9 Å². The number of pyridine rings is 3. The van der Waals surface area contributed by atoms with E-state index in [4.69, 9.17) is 17.3 Å². The number of halogens is 5. The molecular formula is C31H28ClF4N7O2. The maximum absolute atomic E-state index is 15.3. The van der Waals surface area contributed by atoms with E-state index < -0.39 is 46.5 Å². The second-order valence-corrected chi connectivity index (χ2v) is 11.4. The van der Waals surface area contributed by atoms with Crippen molar-refractivity contribution in [3.63, 3.8) is 0 Å². The lowest BCUT2D eigenvalue weighted by molar-refractivity contribution is -0.126. The van der Waals surface area contributed by atoms with Gasteiger partial charge in [0.25, 0.3) is 5.56 Å². The summed E-state index contributed by atoms with van der Waals surface area (Å²) in [7, 11) is 0. The van der Waals surface area contributed by atoms with Gasteiger partial charge in [-0.2, -0.15) is 5.26 Å². The zero-order valence-electron chi connectivity index (χ0n) is 24.5. The van der Waals surface area contributed by atoms with E-state index in [1.54, 1.807) is 29.0 Å². The maximum Gasteiger partial charge on any atom is 0.276 e. The minimum atomic E-state index is -3.00. The number of anilines is 1. The van der Waals surface area contributed by atoms with Gasteiger partial charge in [-0.25, -0.2) is 22.5 Å². The smallest absolute Gasteiger partial charge is 0.276 e.